The first-order valence-electron chi connectivity index (χ1n) is 5.06. The zero-order valence-electron chi connectivity index (χ0n) is 9.24. The third kappa shape index (κ3) is 4.18. The van der Waals surface area contributed by atoms with Gasteiger partial charge in [0.15, 0.2) is 0 Å². The average molecular weight is 232 g/mol. The van der Waals surface area contributed by atoms with Crippen molar-refractivity contribution in [2.45, 2.75) is 32.2 Å². The Morgan fingerprint density at radius 1 is 1.13 bits per heavy atom. The summed E-state index contributed by atoms with van der Waals surface area (Å²) in [5.41, 5.74) is 8.10. The van der Waals surface area contributed by atoms with E-state index in [0.29, 0.717) is 12.3 Å². The molecule has 0 aliphatic carbocycles. The second-order valence-electron chi connectivity index (χ2n) is 3.91. The molecule has 1 nitrogen and oxygen atoms in total. The maximum absolute atomic E-state index is 12.1. The molecule has 0 aliphatic heterocycles. The van der Waals surface area contributed by atoms with Crippen LogP contribution in [0.5, 0.6) is 0 Å². The molecule has 2 N–H and O–H groups in total. The van der Waals surface area contributed by atoms with Crippen LogP contribution in [0.1, 0.15) is 43.4 Å². The predicted octanol–water partition coefficient (Wildman–Crippen LogP) is 3.59. The van der Waals surface area contributed by atoms with E-state index in [1.807, 2.05) is 12.1 Å². The highest BCUT2D eigenvalue weighted by molar-refractivity contribution is 5.85. The van der Waals surface area contributed by atoms with Crippen LogP contribution in [0, 0.1) is 0 Å². The van der Waals surface area contributed by atoms with Crippen molar-refractivity contribution in [2.75, 3.05) is 6.67 Å². The summed E-state index contributed by atoms with van der Waals surface area (Å²) in [6.07, 6.45) is 0.404. The van der Waals surface area contributed by atoms with Crippen molar-refractivity contribution < 1.29 is 4.39 Å². The van der Waals surface area contributed by atoms with E-state index in [2.05, 4.69) is 26.0 Å². The van der Waals surface area contributed by atoms with Crippen LogP contribution >= 0.6 is 12.4 Å². The van der Waals surface area contributed by atoms with Crippen LogP contribution in [-0.4, -0.2) is 6.67 Å². The van der Waals surface area contributed by atoms with Gasteiger partial charge in [0.25, 0.3) is 0 Å². The molecule has 15 heavy (non-hydrogen) atoms. The van der Waals surface area contributed by atoms with E-state index in [1.165, 1.54) is 5.56 Å². The molecule has 1 aromatic carbocycles. The molecule has 0 unspecified atom stereocenters. The van der Waals surface area contributed by atoms with E-state index in [-0.39, 0.29) is 25.1 Å². The Labute approximate surface area is 97.3 Å². The smallest absolute Gasteiger partial charge is 0.0912 e. The normalized spacial score (nSPS) is 12.3. The highest BCUT2D eigenvalue weighted by Gasteiger charge is 2.05. The first-order chi connectivity index (χ1) is 6.65. The highest BCUT2D eigenvalue weighted by atomic mass is 35.5. The topological polar surface area (TPSA) is 26.0 Å². The van der Waals surface area contributed by atoms with Gasteiger partial charge in [0, 0.05) is 6.04 Å². The molecule has 0 spiro atoms. The third-order valence-electron chi connectivity index (χ3n) is 2.45. The monoisotopic (exact) mass is 231 g/mol. The van der Waals surface area contributed by atoms with E-state index < -0.39 is 0 Å². The molecule has 0 aromatic heterocycles. The minimum absolute atomic E-state index is 0. The molecule has 1 aromatic rings. The second kappa shape index (κ2) is 6.81. The summed E-state index contributed by atoms with van der Waals surface area (Å²) >= 11 is 0. The number of benzene rings is 1. The van der Waals surface area contributed by atoms with Crippen molar-refractivity contribution in [1.29, 1.82) is 0 Å². The first-order valence-corrected chi connectivity index (χ1v) is 5.06. The lowest BCUT2D eigenvalue weighted by molar-refractivity contribution is 0.442. The molecular weight excluding hydrogens is 213 g/mol. The van der Waals surface area contributed by atoms with Crippen molar-refractivity contribution in [3.05, 3.63) is 35.4 Å². The van der Waals surface area contributed by atoms with Gasteiger partial charge in [-0.2, -0.15) is 0 Å². The van der Waals surface area contributed by atoms with Gasteiger partial charge in [-0.3, -0.25) is 4.39 Å². The number of nitrogens with two attached hydrogens (primary N) is 1. The summed E-state index contributed by atoms with van der Waals surface area (Å²) in [5, 5.41) is 0. The van der Waals surface area contributed by atoms with E-state index in [9.17, 15) is 4.39 Å². The fraction of sp³-hybridized carbons (Fsp3) is 0.500. The molecule has 0 bridgehead atoms. The second-order valence-corrected chi connectivity index (χ2v) is 3.91. The lowest BCUT2D eigenvalue weighted by Crippen LogP contribution is -2.10. The quantitative estimate of drug-likeness (QED) is 0.842. The molecule has 0 saturated carbocycles. The van der Waals surface area contributed by atoms with Gasteiger partial charge in [-0.1, -0.05) is 38.1 Å². The first kappa shape index (κ1) is 14.4. The highest BCUT2D eigenvalue weighted by Crippen LogP contribution is 2.19. The lowest BCUT2D eigenvalue weighted by atomic mass is 9.98. The van der Waals surface area contributed by atoms with Crippen molar-refractivity contribution >= 4 is 12.4 Å². The molecule has 3 heteroatoms. The molecule has 0 heterocycles. The molecule has 0 radical (unpaired) electrons. The van der Waals surface area contributed by atoms with Gasteiger partial charge < -0.3 is 5.73 Å². The minimum Gasteiger partial charge on any atom is -0.324 e. The van der Waals surface area contributed by atoms with E-state index in [1.54, 1.807) is 0 Å². The van der Waals surface area contributed by atoms with Gasteiger partial charge in [0.1, 0.15) is 0 Å². The van der Waals surface area contributed by atoms with Crippen molar-refractivity contribution in [3.63, 3.8) is 0 Å². The van der Waals surface area contributed by atoms with Crippen LogP contribution in [0.15, 0.2) is 24.3 Å². The van der Waals surface area contributed by atoms with Gasteiger partial charge in [-0.25, -0.2) is 0 Å². The molecule has 0 saturated heterocycles. The van der Waals surface area contributed by atoms with Gasteiger partial charge in [-0.05, 0) is 23.5 Å². The largest absolute Gasteiger partial charge is 0.324 e. The SMILES string of the molecule is CC(C)c1ccc([C@@H](N)CCF)cc1.Cl. The number of hydrogen-bond acceptors (Lipinski definition) is 1. The number of halogens is 2. The Kier molecular flexibility index (Phi) is 6.53. The maximum Gasteiger partial charge on any atom is 0.0912 e. The Bertz CT molecular complexity index is 271. The Hall–Kier alpha value is -0.600. The van der Waals surface area contributed by atoms with Gasteiger partial charge in [0.05, 0.1) is 6.67 Å². The van der Waals surface area contributed by atoms with Crippen LogP contribution in [0.3, 0.4) is 0 Å². The molecule has 0 fully saturated rings. The standard InChI is InChI=1S/C12H18FN.ClH/c1-9(2)10-3-5-11(6-4-10)12(14)7-8-13;/h3-6,9,12H,7-8,14H2,1-2H3;1H/t12-;/m0./s1. The van der Waals surface area contributed by atoms with Gasteiger partial charge in [-0.15, -0.1) is 12.4 Å². The average Bonchev–Trinajstić information content (AvgIpc) is 2.18. The summed E-state index contributed by atoms with van der Waals surface area (Å²) < 4.78 is 12.1. The van der Waals surface area contributed by atoms with Crippen molar-refractivity contribution in [3.8, 4) is 0 Å². The summed E-state index contributed by atoms with van der Waals surface area (Å²) in [6.45, 7) is 3.94. The Balaban J connectivity index is 0.00000196. The summed E-state index contributed by atoms with van der Waals surface area (Å²) in [6, 6.07) is 7.96. The molecular formula is C12H19ClFN. The van der Waals surface area contributed by atoms with Crippen LogP contribution < -0.4 is 5.73 Å². The van der Waals surface area contributed by atoms with E-state index in [4.69, 9.17) is 5.73 Å². The molecule has 0 amide bonds. The predicted molar refractivity (Wildman–Crippen MR) is 65.3 cm³/mol. The Morgan fingerprint density at radius 2 is 1.60 bits per heavy atom. The number of rotatable bonds is 4. The van der Waals surface area contributed by atoms with Crippen LogP contribution in [0.25, 0.3) is 0 Å². The lowest BCUT2D eigenvalue weighted by Gasteiger charge is -2.11. The van der Waals surface area contributed by atoms with Crippen LogP contribution in [-0.2, 0) is 0 Å². The fourth-order valence-corrected chi connectivity index (χ4v) is 1.41. The molecule has 0 aliphatic rings. The molecule has 1 rings (SSSR count). The third-order valence-corrected chi connectivity index (χ3v) is 2.45. The zero-order valence-corrected chi connectivity index (χ0v) is 10.1. The summed E-state index contributed by atoms with van der Waals surface area (Å²) in [4.78, 5) is 0. The number of alkyl halides is 1. The van der Waals surface area contributed by atoms with Crippen molar-refractivity contribution in [2.24, 2.45) is 5.73 Å². The maximum atomic E-state index is 12.1. The number of hydrogen-bond donors (Lipinski definition) is 1. The summed E-state index contributed by atoms with van der Waals surface area (Å²) in [7, 11) is 0. The van der Waals surface area contributed by atoms with E-state index >= 15 is 0 Å². The van der Waals surface area contributed by atoms with Crippen molar-refractivity contribution in [1.82, 2.24) is 0 Å². The molecule has 1 atom stereocenters. The summed E-state index contributed by atoms with van der Waals surface area (Å²) in [5.74, 6) is 0.529. The van der Waals surface area contributed by atoms with Gasteiger partial charge in [0.2, 0.25) is 0 Å². The fourth-order valence-electron chi connectivity index (χ4n) is 1.41. The molecule has 86 valence electrons. The van der Waals surface area contributed by atoms with E-state index in [0.717, 1.165) is 5.56 Å². The zero-order chi connectivity index (χ0) is 10.6. The minimum atomic E-state index is -0.354. The Morgan fingerprint density at radius 3 is 2.00 bits per heavy atom. The van der Waals surface area contributed by atoms with Crippen LogP contribution in [0.4, 0.5) is 4.39 Å². The van der Waals surface area contributed by atoms with Gasteiger partial charge >= 0.3 is 0 Å². The van der Waals surface area contributed by atoms with Crippen LogP contribution in [0.2, 0.25) is 0 Å².